The summed E-state index contributed by atoms with van der Waals surface area (Å²) in [6.07, 6.45) is 1.63. The molecular formula is C22H20ClN3O4. The van der Waals surface area contributed by atoms with Gasteiger partial charge >= 0.3 is 0 Å². The van der Waals surface area contributed by atoms with Crippen LogP contribution in [0.1, 0.15) is 15.9 Å². The fourth-order valence-electron chi connectivity index (χ4n) is 2.78. The van der Waals surface area contributed by atoms with Crippen molar-refractivity contribution in [2.45, 2.75) is 13.5 Å². The summed E-state index contributed by atoms with van der Waals surface area (Å²) in [5.41, 5.74) is 2.10. The number of carbonyl (C=O) groups is 2. The Kier molecular flexibility index (Phi) is 6.54. The maximum Gasteiger partial charge on any atom is 0.255 e. The number of benzene rings is 2. The molecule has 0 spiro atoms. The molecule has 0 aliphatic heterocycles. The van der Waals surface area contributed by atoms with Gasteiger partial charge in [0.2, 0.25) is 5.91 Å². The molecule has 3 rings (SSSR count). The number of anilines is 2. The third-order valence-corrected chi connectivity index (χ3v) is 4.58. The van der Waals surface area contributed by atoms with E-state index in [1.165, 1.54) is 17.7 Å². The Morgan fingerprint density at radius 1 is 1.00 bits per heavy atom. The standard InChI is InChI=1S/C22H20ClN3O4/c1-14-3-10-21(28)26(12-14)13-20(27)24-16-6-4-15(5-7-16)22(29)25-17-8-9-19(30-2)18(23)11-17/h3-12H,13H2,1-2H3,(H,24,27)(H,25,29). The van der Waals surface area contributed by atoms with E-state index in [9.17, 15) is 14.4 Å². The summed E-state index contributed by atoms with van der Waals surface area (Å²) in [4.78, 5) is 36.4. The zero-order chi connectivity index (χ0) is 21.7. The van der Waals surface area contributed by atoms with Gasteiger partial charge in [-0.3, -0.25) is 14.4 Å². The first-order valence-electron chi connectivity index (χ1n) is 9.07. The van der Waals surface area contributed by atoms with Gasteiger partial charge in [0.05, 0.1) is 12.1 Å². The molecule has 0 radical (unpaired) electrons. The summed E-state index contributed by atoms with van der Waals surface area (Å²) >= 11 is 6.07. The first-order valence-corrected chi connectivity index (χ1v) is 9.45. The van der Waals surface area contributed by atoms with E-state index in [0.29, 0.717) is 27.7 Å². The van der Waals surface area contributed by atoms with Crippen molar-refractivity contribution in [1.29, 1.82) is 0 Å². The number of hydrogen-bond acceptors (Lipinski definition) is 4. The Hall–Kier alpha value is -3.58. The summed E-state index contributed by atoms with van der Waals surface area (Å²) in [6.45, 7) is 1.75. The number of rotatable bonds is 6. The van der Waals surface area contributed by atoms with Crippen LogP contribution in [0.4, 0.5) is 11.4 Å². The monoisotopic (exact) mass is 425 g/mol. The molecule has 0 saturated heterocycles. The summed E-state index contributed by atoms with van der Waals surface area (Å²) in [7, 11) is 1.51. The number of hydrogen-bond donors (Lipinski definition) is 2. The SMILES string of the molecule is COc1ccc(NC(=O)c2ccc(NC(=O)Cn3cc(C)ccc3=O)cc2)cc1Cl. The zero-order valence-electron chi connectivity index (χ0n) is 16.4. The van der Waals surface area contributed by atoms with E-state index in [-0.39, 0.29) is 23.9 Å². The quantitative estimate of drug-likeness (QED) is 0.630. The number of methoxy groups -OCH3 is 1. The van der Waals surface area contributed by atoms with Crippen LogP contribution in [0.15, 0.2) is 65.6 Å². The molecule has 0 aliphatic carbocycles. The molecule has 1 aromatic heterocycles. The number of pyridine rings is 1. The molecule has 0 fully saturated rings. The van der Waals surface area contributed by atoms with Crippen LogP contribution < -0.4 is 20.9 Å². The highest BCUT2D eigenvalue weighted by Crippen LogP contribution is 2.27. The molecule has 1 heterocycles. The van der Waals surface area contributed by atoms with Crippen molar-refractivity contribution in [3.63, 3.8) is 0 Å². The number of halogens is 1. The number of ether oxygens (including phenoxy) is 1. The molecule has 2 aromatic carbocycles. The van der Waals surface area contributed by atoms with Gasteiger partial charge in [0, 0.05) is 29.2 Å². The zero-order valence-corrected chi connectivity index (χ0v) is 17.2. The lowest BCUT2D eigenvalue weighted by Crippen LogP contribution is -2.26. The van der Waals surface area contributed by atoms with Crippen LogP contribution in [0, 0.1) is 6.92 Å². The second kappa shape index (κ2) is 9.28. The Morgan fingerprint density at radius 2 is 1.70 bits per heavy atom. The largest absolute Gasteiger partial charge is 0.495 e. The van der Waals surface area contributed by atoms with Crippen LogP contribution in [0.5, 0.6) is 5.75 Å². The molecule has 0 atom stereocenters. The van der Waals surface area contributed by atoms with E-state index < -0.39 is 0 Å². The van der Waals surface area contributed by atoms with Gasteiger partial charge < -0.3 is 19.9 Å². The summed E-state index contributed by atoms with van der Waals surface area (Å²) in [5.74, 6) is -0.143. The molecule has 154 valence electrons. The minimum Gasteiger partial charge on any atom is -0.495 e. The maximum absolute atomic E-state index is 12.4. The highest BCUT2D eigenvalue weighted by atomic mass is 35.5. The van der Waals surface area contributed by atoms with E-state index >= 15 is 0 Å². The number of carbonyl (C=O) groups excluding carboxylic acids is 2. The smallest absolute Gasteiger partial charge is 0.255 e. The van der Waals surface area contributed by atoms with Crippen molar-refractivity contribution in [3.05, 3.63) is 87.3 Å². The number of amides is 2. The van der Waals surface area contributed by atoms with Gasteiger partial charge in [-0.1, -0.05) is 17.7 Å². The average Bonchev–Trinajstić information content (AvgIpc) is 2.71. The minimum atomic E-state index is -0.340. The van der Waals surface area contributed by atoms with Gasteiger partial charge in [-0.15, -0.1) is 0 Å². The minimum absolute atomic E-state index is 0.0963. The van der Waals surface area contributed by atoms with Crippen molar-refractivity contribution in [3.8, 4) is 5.75 Å². The molecule has 0 bridgehead atoms. The lowest BCUT2D eigenvalue weighted by Gasteiger charge is -2.10. The lowest BCUT2D eigenvalue weighted by atomic mass is 10.2. The molecule has 8 heteroatoms. The van der Waals surface area contributed by atoms with Gasteiger partial charge in [0.15, 0.2) is 0 Å². The molecule has 2 N–H and O–H groups in total. The van der Waals surface area contributed by atoms with Crippen LogP contribution in [0.25, 0.3) is 0 Å². The predicted molar refractivity (Wildman–Crippen MR) is 116 cm³/mol. The molecular weight excluding hydrogens is 406 g/mol. The number of nitrogens with one attached hydrogen (secondary N) is 2. The second-order valence-electron chi connectivity index (χ2n) is 6.60. The number of nitrogens with zero attached hydrogens (tertiary/aromatic N) is 1. The van der Waals surface area contributed by atoms with E-state index in [2.05, 4.69) is 10.6 Å². The molecule has 0 saturated carbocycles. The van der Waals surface area contributed by atoms with Crippen molar-refractivity contribution in [2.75, 3.05) is 17.7 Å². The van der Waals surface area contributed by atoms with Crippen molar-refractivity contribution in [2.24, 2.45) is 0 Å². The van der Waals surface area contributed by atoms with E-state index in [1.54, 1.807) is 54.7 Å². The topological polar surface area (TPSA) is 89.4 Å². The van der Waals surface area contributed by atoms with Gasteiger partial charge in [-0.05, 0) is 55.0 Å². The van der Waals surface area contributed by atoms with Crippen LogP contribution >= 0.6 is 11.6 Å². The van der Waals surface area contributed by atoms with Crippen molar-refractivity contribution < 1.29 is 14.3 Å². The van der Waals surface area contributed by atoms with Gasteiger partial charge in [0.25, 0.3) is 11.5 Å². The molecule has 0 aliphatic rings. The van der Waals surface area contributed by atoms with E-state index in [0.717, 1.165) is 5.56 Å². The summed E-state index contributed by atoms with van der Waals surface area (Å²) < 4.78 is 6.43. The number of aryl methyl sites for hydroxylation is 1. The molecule has 30 heavy (non-hydrogen) atoms. The van der Waals surface area contributed by atoms with Crippen molar-refractivity contribution >= 4 is 34.8 Å². The predicted octanol–water partition coefficient (Wildman–Crippen LogP) is 3.71. The highest BCUT2D eigenvalue weighted by Gasteiger charge is 2.10. The molecule has 0 unspecified atom stereocenters. The van der Waals surface area contributed by atoms with E-state index in [1.807, 2.05) is 6.92 Å². The van der Waals surface area contributed by atoms with Gasteiger partial charge in [-0.25, -0.2) is 0 Å². The summed E-state index contributed by atoms with van der Waals surface area (Å²) in [5, 5.41) is 5.85. The van der Waals surface area contributed by atoms with Crippen LogP contribution in [-0.4, -0.2) is 23.5 Å². The Balaban J connectivity index is 1.62. The first kappa shape index (κ1) is 21.1. The first-order chi connectivity index (χ1) is 14.4. The molecule has 2 amide bonds. The maximum atomic E-state index is 12.4. The second-order valence-corrected chi connectivity index (χ2v) is 7.01. The highest BCUT2D eigenvalue weighted by molar-refractivity contribution is 6.32. The average molecular weight is 426 g/mol. The van der Waals surface area contributed by atoms with Gasteiger partial charge in [-0.2, -0.15) is 0 Å². The van der Waals surface area contributed by atoms with Crippen LogP contribution in [0.3, 0.4) is 0 Å². The molecule has 7 nitrogen and oxygen atoms in total. The summed E-state index contributed by atoms with van der Waals surface area (Å²) in [6, 6.07) is 14.5. The Bertz CT molecular complexity index is 1140. The Morgan fingerprint density at radius 3 is 2.37 bits per heavy atom. The fraction of sp³-hybridized carbons (Fsp3) is 0.136. The molecule has 3 aromatic rings. The number of aromatic nitrogens is 1. The lowest BCUT2D eigenvalue weighted by molar-refractivity contribution is -0.116. The van der Waals surface area contributed by atoms with Crippen LogP contribution in [-0.2, 0) is 11.3 Å². The van der Waals surface area contributed by atoms with Crippen molar-refractivity contribution in [1.82, 2.24) is 4.57 Å². The fourth-order valence-corrected chi connectivity index (χ4v) is 3.04. The third-order valence-electron chi connectivity index (χ3n) is 4.29. The van der Waals surface area contributed by atoms with Crippen LogP contribution in [0.2, 0.25) is 5.02 Å². The normalized spacial score (nSPS) is 10.4. The van der Waals surface area contributed by atoms with Gasteiger partial charge in [0.1, 0.15) is 12.3 Å². The third kappa shape index (κ3) is 5.27. The Labute approximate surface area is 178 Å². The van der Waals surface area contributed by atoms with E-state index in [4.69, 9.17) is 16.3 Å².